The van der Waals surface area contributed by atoms with Gasteiger partial charge in [-0.3, -0.25) is 4.79 Å². The van der Waals surface area contributed by atoms with Gasteiger partial charge in [-0.2, -0.15) is 13.2 Å². The number of morpholine rings is 1. The van der Waals surface area contributed by atoms with E-state index in [-0.39, 0.29) is 18.2 Å². The standard InChI is InChI=1S/C13H11F3N4O2S/c14-13(15,16)12-18-5-8(6-19-12)11(21)20-2-3-22-9(7-20)10-17-1-4-23-10/h1,4-6,9H,2-3,7H2/t9-/m0/s1. The third kappa shape index (κ3) is 3.48. The van der Waals surface area contributed by atoms with E-state index in [0.717, 1.165) is 17.4 Å². The van der Waals surface area contributed by atoms with E-state index in [9.17, 15) is 18.0 Å². The van der Waals surface area contributed by atoms with Crippen LogP contribution in [0.1, 0.15) is 27.3 Å². The average molecular weight is 344 g/mol. The molecule has 1 saturated heterocycles. The molecule has 1 amide bonds. The van der Waals surface area contributed by atoms with Crippen LogP contribution in [0.25, 0.3) is 0 Å². The molecule has 1 fully saturated rings. The zero-order valence-electron chi connectivity index (χ0n) is 11.7. The summed E-state index contributed by atoms with van der Waals surface area (Å²) in [7, 11) is 0. The lowest BCUT2D eigenvalue weighted by Gasteiger charge is -2.31. The van der Waals surface area contributed by atoms with E-state index in [1.165, 1.54) is 16.2 Å². The van der Waals surface area contributed by atoms with Gasteiger partial charge < -0.3 is 9.64 Å². The Labute approximate surface area is 133 Å². The maximum atomic E-state index is 12.4. The van der Waals surface area contributed by atoms with E-state index in [1.54, 1.807) is 6.20 Å². The first-order valence-corrected chi connectivity index (χ1v) is 7.52. The van der Waals surface area contributed by atoms with Crippen molar-refractivity contribution in [2.45, 2.75) is 12.3 Å². The lowest BCUT2D eigenvalue weighted by Crippen LogP contribution is -2.42. The lowest BCUT2D eigenvalue weighted by atomic mass is 10.2. The molecule has 0 aliphatic carbocycles. The minimum Gasteiger partial charge on any atom is -0.367 e. The molecule has 1 aliphatic rings. The summed E-state index contributed by atoms with van der Waals surface area (Å²) < 4.78 is 42.9. The molecule has 3 heterocycles. The van der Waals surface area contributed by atoms with Gasteiger partial charge in [-0.15, -0.1) is 11.3 Å². The van der Waals surface area contributed by atoms with Crippen LogP contribution < -0.4 is 0 Å². The highest BCUT2D eigenvalue weighted by Crippen LogP contribution is 2.26. The molecule has 0 N–H and O–H groups in total. The number of carbonyl (C=O) groups excluding carboxylic acids is 1. The number of rotatable bonds is 2. The molecular weight excluding hydrogens is 333 g/mol. The SMILES string of the molecule is O=C(c1cnc(C(F)(F)F)nc1)N1CCO[C@H](c2nccs2)C1. The molecule has 1 aliphatic heterocycles. The molecule has 2 aromatic rings. The van der Waals surface area contributed by atoms with Crippen LogP contribution in [0.3, 0.4) is 0 Å². The summed E-state index contributed by atoms with van der Waals surface area (Å²) in [6.07, 6.45) is -1.52. The molecule has 122 valence electrons. The molecule has 3 rings (SSSR count). The van der Waals surface area contributed by atoms with Gasteiger partial charge in [0.2, 0.25) is 5.82 Å². The predicted molar refractivity (Wildman–Crippen MR) is 73.7 cm³/mol. The van der Waals surface area contributed by atoms with Gasteiger partial charge in [-0.1, -0.05) is 0 Å². The summed E-state index contributed by atoms with van der Waals surface area (Å²) in [5, 5.41) is 2.56. The van der Waals surface area contributed by atoms with Crippen molar-refractivity contribution in [2.75, 3.05) is 19.7 Å². The number of alkyl halides is 3. The first kappa shape index (κ1) is 15.8. The molecule has 0 unspecified atom stereocenters. The van der Waals surface area contributed by atoms with Crippen molar-refractivity contribution in [1.82, 2.24) is 19.9 Å². The Kier molecular flexibility index (Phi) is 4.26. The quantitative estimate of drug-likeness (QED) is 0.835. The summed E-state index contributed by atoms with van der Waals surface area (Å²) in [4.78, 5) is 24.4. The Morgan fingerprint density at radius 3 is 2.65 bits per heavy atom. The highest BCUT2D eigenvalue weighted by molar-refractivity contribution is 7.09. The zero-order chi connectivity index (χ0) is 16.4. The van der Waals surface area contributed by atoms with E-state index < -0.39 is 17.9 Å². The maximum absolute atomic E-state index is 12.4. The number of halogens is 3. The average Bonchev–Trinajstić information content (AvgIpc) is 3.08. The fourth-order valence-corrected chi connectivity index (χ4v) is 2.82. The van der Waals surface area contributed by atoms with E-state index >= 15 is 0 Å². The second kappa shape index (κ2) is 6.20. The normalized spacial score (nSPS) is 18.9. The molecule has 2 aromatic heterocycles. The fourth-order valence-electron chi connectivity index (χ4n) is 2.14. The Hall–Kier alpha value is -2.07. The van der Waals surface area contributed by atoms with Crippen molar-refractivity contribution < 1.29 is 22.7 Å². The molecule has 23 heavy (non-hydrogen) atoms. The Bertz CT molecular complexity index is 676. The summed E-state index contributed by atoms with van der Waals surface area (Å²) in [6, 6.07) is 0. The molecule has 10 heteroatoms. The van der Waals surface area contributed by atoms with E-state index in [0.29, 0.717) is 13.2 Å². The Morgan fingerprint density at radius 1 is 1.30 bits per heavy atom. The summed E-state index contributed by atoms with van der Waals surface area (Å²) in [5.41, 5.74) is 0.0118. The molecule has 0 spiro atoms. The second-order valence-electron chi connectivity index (χ2n) is 4.77. The fraction of sp³-hybridized carbons (Fsp3) is 0.385. The van der Waals surface area contributed by atoms with Crippen LogP contribution in [-0.4, -0.2) is 45.5 Å². The van der Waals surface area contributed by atoms with Crippen molar-refractivity contribution in [3.8, 4) is 0 Å². The molecule has 0 aromatic carbocycles. The highest BCUT2D eigenvalue weighted by atomic mass is 32.1. The zero-order valence-corrected chi connectivity index (χ0v) is 12.5. The minimum atomic E-state index is -4.63. The van der Waals surface area contributed by atoms with Crippen molar-refractivity contribution in [1.29, 1.82) is 0 Å². The Morgan fingerprint density at radius 2 is 2.04 bits per heavy atom. The lowest BCUT2D eigenvalue weighted by molar-refractivity contribution is -0.145. The number of amides is 1. The van der Waals surface area contributed by atoms with Crippen molar-refractivity contribution in [2.24, 2.45) is 0 Å². The van der Waals surface area contributed by atoms with Gasteiger partial charge in [0.05, 0.1) is 18.7 Å². The molecule has 1 atom stereocenters. The number of thiazole rings is 1. The van der Waals surface area contributed by atoms with Gasteiger partial charge in [0, 0.05) is 30.5 Å². The van der Waals surface area contributed by atoms with Gasteiger partial charge in [0.15, 0.2) is 0 Å². The first-order valence-electron chi connectivity index (χ1n) is 6.64. The van der Waals surface area contributed by atoms with Crippen molar-refractivity contribution >= 4 is 17.2 Å². The van der Waals surface area contributed by atoms with E-state index in [4.69, 9.17) is 4.74 Å². The van der Waals surface area contributed by atoms with Gasteiger partial charge in [-0.25, -0.2) is 15.0 Å². The molecule has 0 saturated carbocycles. The third-order valence-electron chi connectivity index (χ3n) is 3.23. The summed E-state index contributed by atoms with van der Waals surface area (Å²) in [6.45, 7) is 0.965. The maximum Gasteiger partial charge on any atom is 0.451 e. The topological polar surface area (TPSA) is 68.2 Å². The Balaban J connectivity index is 1.72. The van der Waals surface area contributed by atoms with Gasteiger partial charge >= 0.3 is 6.18 Å². The molecule has 6 nitrogen and oxygen atoms in total. The predicted octanol–water partition coefficient (Wildman–Crippen LogP) is 2.17. The van der Waals surface area contributed by atoms with Crippen LogP contribution in [0.2, 0.25) is 0 Å². The number of hydrogen-bond donors (Lipinski definition) is 0. The molecule has 0 bridgehead atoms. The van der Waals surface area contributed by atoms with E-state index in [2.05, 4.69) is 15.0 Å². The third-order valence-corrected chi connectivity index (χ3v) is 4.10. The number of aromatic nitrogens is 3. The summed E-state index contributed by atoms with van der Waals surface area (Å²) >= 11 is 1.42. The van der Waals surface area contributed by atoms with Crippen LogP contribution in [0, 0.1) is 0 Å². The van der Waals surface area contributed by atoms with Crippen molar-refractivity contribution in [3.63, 3.8) is 0 Å². The number of ether oxygens (including phenoxy) is 1. The summed E-state index contributed by atoms with van der Waals surface area (Å²) in [5.74, 6) is -1.69. The highest BCUT2D eigenvalue weighted by Gasteiger charge is 2.35. The minimum absolute atomic E-state index is 0.0118. The second-order valence-corrected chi connectivity index (χ2v) is 5.70. The number of carbonyl (C=O) groups is 1. The van der Waals surface area contributed by atoms with Gasteiger partial charge in [0.1, 0.15) is 11.1 Å². The smallest absolute Gasteiger partial charge is 0.367 e. The van der Waals surface area contributed by atoms with Crippen LogP contribution >= 0.6 is 11.3 Å². The van der Waals surface area contributed by atoms with Crippen LogP contribution in [0.15, 0.2) is 24.0 Å². The molecule has 0 radical (unpaired) electrons. The van der Waals surface area contributed by atoms with Crippen LogP contribution in [0.4, 0.5) is 13.2 Å². The number of nitrogens with zero attached hydrogens (tertiary/aromatic N) is 4. The first-order chi connectivity index (χ1) is 10.9. The largest absolute Gasteiger partial charge is 0.451 e. The number of hydrogen-bond acceptors (Lipinski definition) is 6. The van der Waals surface area contributed by atoms with E-state index in [1.807, 2.05) is 5.38 Å². The monoisotopic (exact) mass is 344 g/mol. The van der Waals surface area contributed by atoms with Crippen LogP contribution in [-0.2, 0) is 10.9 Å². The van der Waals surface area contributed by atoms with Crippen LogP contribution in [0.5, 0.6) is 0 Å². The van der Waals surface area contributed by atoms with Gasteiger partial charge in [0.25, 0.3) is 5.91 Å². The van der Waals surface area contributed by atoms with Gasteiger partial charge in [-0.05, 0) is 0 Å². The molecular formula is C13H11F3N4O2S. The van der Waals surface area contributed by atoms with Crippen molar-refractivity contribution in [3.05, 3.63) is 40.4 Å².